The predicted molar refractivity (Wildman–Crippen MR) is 98.7 cm³/mol. The molecule has 0 unspecified atom stereocenters. The van der Waals surface area contributed by atoms with Crippen molar-refractivity contribution in [1.29, 1.82) is 0 Å². The molecule has 0 aliphatic carbocycles. The van der Waals surface area contributed by atoms with Crippen LogP contribution in [0.1, 0.15) is 57.4 Å². The lowest BCUT2D eigenvalue weighted by Gasteiger charge is -2.02. The van der Waals surface area contributed by atoms with Crippen molar-refractivity contribution in [2.24, 2.45) is 0 Å². The van der Waals surface area contributed by atoms with Crippen LogP contribution in [0.3, 0.4) is 0 Å². The van der Waals surface area contributed by atoms with Crippen molar-refractivity contribution in [3.05, 3.63) is 54.6 Å². The van der Waals surface area contributed by atoms with Gasteiger partial charge >= 0.3 is 0 Å². The Labute approximate surface area is 147 Å². The first kappa shape index (κ1) is 18.7. The van der Waals surface area contributed by atoms with E-state index in [1.54, 1.807) is 0 Å². The third kappa shape index (κ3) is 7.78. The van der Waals surface area contributed by atoms with Gasteiger partial charge in [0.1, 0.15) is 12.4 Å². The lowest BCUT2D eigenvalue weighted by molar-refractivity contribution is -0.732. The molecule has 0 amide bonds. The Bertz CT molecular complexity index is 536. The summed E-state index contributed by atoms with van der Waals surface area (Å²) in [4.78, 5) is 0. The summed E-state index contributed by atoms with van der Waals surface area (Å²) in [5.74, 6) is 0. The van der Waals surface area contributed by atoms with Gasteiger partial charge in [-0.3, -0.25) is 0 Å². The molecule has 1 heterocycles. The minimum Gasteiger partial charge on any atom is -0.342 e. The van der Waals surface area contributed by atoms with Crippen LogP contribution in [0.15, 0.2) is 49.1 Å². The van der Waals surface area contributed by atoms with E-state index in [2.05, 4.69) is 65.1 Å². The Morgan fingerprint density at radius 3 is 2.58 bits per heavy atom. The van der Waals surface area contributed by atoms with Gasteiger partial charge in [0.2, 0.25) is 6.33 Å². The van der Waals surface area contributed by atoms with E-state index in [1.165, 1.54) is 44.1 Å². The standard InChI is InChI=1S/C21H33N2O/c1-2-3-4-5-6-10-15-22-16-17-23(19-22)20-24-18-11-14-21-12-8-7-9-13-21/h7-9,12-13,16-17,19H,2-6,10-11,14-15,18,20H2,1H3/q+1. The van der Waals surface area contributed by atoms with Gasteiger partial charge in [0.25, 0.3) is 0 Å². The van der Waals surface area contributed by atoms with Crippen LogP contribution in [0, 0.1) is 0 Å². The van der Waals surface area contributed by atoms with Crippen molar-refractivity contribution in [3.63, 3.8) is 0 Å². The number of aromatic nitrogens is 2. The molecule has 3 heteroatoms. The van der Waals surface area contributed by atoms with Crippen LogP contribution in [0.25, 0.3) is 0 Å². The van der Waals surface area contributed by atoms with E-state index in [4.69, 9.17) is 4.74 Å². The summed E-state index contributed by atoms with van der Waals surface area (Å²) < 4.78 is 10.2. The molecule has 0 N–H and O–H groups in total. The summed E-state index contributed by atoms with van der Waals surface area (Å²) in [5.41, 5.74) is 1.39. The molecule has 2 rings (SSSR count). The molecule has 0 radical (unpaired) electrons. The molecule has 3 nitrogen and oxygen atoms in total. The average Bonchev–Trinajstić information content (AvgIpc) is 3.06. The smallest absolute Gasteiger partial charge is 0.245 e. The van der Waals surface area contributed by atoms with Crippen LogP contribution < -0.4 is 4.57 Å². The van der Waals surface area contributed by atoms with Gasteiger partial charge in [-0.25, -0.2) is 9.13 Å². The molecule has 24 heavy (non-hydrogen) atoms. The number of hydrogen-bond donors (Lipinski definition) is 0. The van der Waals surface area contributed by atoms with Crippen molar-refractivity contribution >= 4 is 0 Å². The number of ether oxygens (including phenoxy) is 1. The Balaban J connectivity index is 1.52. The molecule has 0 aliphatic rings. The summed E-state index contributed by atoms with van der Waals surface area (Å²) in [6, 6.07) is 10.6. The predicted octanol–water partition coefficient (Wildman–Crippen LogP) is 4.74. The van der Waals surface area contributed by atoms with Gasteiger partial charge in [0.05, 0.1) is 13.2 Å². The molecule has 0 saturated carbocycles. The lowest BCUT2D eigenvalue weighted by Crippen LogP contribution is -2.32. The average molecular weight is 330 g/mol. The fraction of sp³-hybridized carbons (Fsp3) is 0.571. The molecule has 0 spiro atoms. The number of imidazole rings is 1. The number of nitrogens with zero attached hydrogens (tertiary/aromatic N) is 2. The maximum absolute atomic E-state index is 5.77. The van der Waals surface area contributed by atoms with E-state index in [-0.39, 0.29) is 0 Å². The summed E-state index contributed by atoms with van der Waals surface area (Å²) in [6.07, 6.45) is 16.7. The topological polar surface area (TPSA) is 18.0 Å². The van der Waals surface area contributed by atoms with Crippen LogP contribution in [0.2, 0.25) is 0 Å². The summed E-state index contributed by atoms with van der Waals surface area (Å²) in [6.45, 7) is 4.85. The maximum Gasteiger partial charge on any atom is 0.245 e. The van der Waals surface area contributed by atoms with Crippen molar-refractivity contribution in [2.45, 2.75) is 71.6 Å². The monoisotopic (exact) mass is 329 g/mol. The largest absolute Gasteiger partial charge is 0.342 e. The molecule has 0 saturated heterocycles. The molecular formula is C21H33N2O+. The van der Waals surface area contributed by atoms with Gasteiger partial charge in [0, 0.05) is 0 Å². The second-order valence-electron chi connectivity index (χ2n) is 6.56. The van der Waals surface area contributed by atoms with Gasteiger partial charge < -0.3 is 4.74 Å². The van der Waals surface area contributed by atoms with Gasteiger partial charge in [-0.05, 0) is 31.2 Å². The molecule has 0 bridgehead atoms. The van der Waals surface area contributed by atoms with Crippen LogP contribution >= 0.6 is 0 Å². The first-order valence-electron chi connectivity index (χ1n) is 9.55. The number of unbranched alkanes of at least 4 members (excludes halogenated alkanes) is 5. The lowest BCUT2D eigenvalue weighted by atomic mass is 10.1. The van der Waals surface area contributed by atoms with Gasteiger partial charge in [-0.2, -0.15) is 0 Å². The first-order chi connectivity index (χ1) is 11.9. The molecule has 1 aromatic carbocycles. The van der Waals surface area contributed by atoms with E-state index in [0.717, 1.165) is 26.0 Å². The summed E-state index contributed by atoms with van der Waals surface area (Å²) in [5, 5.41) is 0. The number of hydrogen-bond acceptors (Lipinski definition) is 1. The SMILES string of the molecule is CCCCCCCCn1cc[n+](COCCCc2ccccc2)c1. The van der Waals surface area contributed by atoms with Crippen molar-refractivity contribution < 1.29 is 9.30 Å². The minimum atomic E-state index is 0.651. The highest BCUT2D eigenvalue weighted by Crippen LogP contribution is 2.06. The fourth-order valence-electron chi connectivity index (χ4n) is 2.92. The normalized spacial score (nSPS) is 11.0. The van der Waals surface area contributed by atoms with E-state index in [9.17, 15) is 0 Å². The highest BCUT2D eigenvalue weighted by molar-refractivity contribution is 5.14. The Morgan fingerprint density at radius 2 is 1.75 bits per heavy atom. The molecule has 2 aromatic rings. The Hall–Kier alpha value is -1.61. The summed E-state index contributed by atoms with van der Waals surface area (Å²) in [7, 11) is 0. The van der Waals surface area contributed by atoms with Crippen LogP contribution in [0.5, 0.6) is 0 Å². The van der Waals surface area contributed by atoms with Gasteiger partial charge in [-0.15, -0.1) is 0 Å². The van der Waals surface area contributed by atoms with E-state index < -0.39 is 0 Å². The fourth-order valence-corrected chi connectivity index (χ4v) is 2.92. The highest BCUT2D eigenvalue weighted by Gasteiger charge is 2.03. The molecule has 132 valence electrons. The number of benzene rings is 1. The zero-order chi connectivity index (χ0) is 16.9. The maximum atomic E-state index is 5.77. The molecule has 0 fully saturated rings. The number of aryl methyl sites for hydroxylation is 2. The third-order valence-corrected chi connectivity index (χ3v) is 4.35. The zero-order valence-corrected chi connectivity index (χ0v) is 15.2. The van der Waals surface area contributed by atoms with Crippen LogP contribution in [-0.4, -0.2) is 11.2 Å². The first-order valence-corrected chi connectivity index (χ1v) is 9.55. The second kappa shape index (κ2) is 11.9. The quantitative estimate of drug-likeness (QED) is 0.383. The molecule has 0 aliphatic heterocycles. The molecule has 1 aromatic heterocycles. The second-order valence-corrected chi connectivity index (χ2v) is 6.56. The van der Waals surface area contributed by atoms with E-state index in [0.29, 0.717) is 6.73 Å². The Morgan fingerprint density at radius 1 is 0.958 bits per heavy atom. The Kier molecular flexibility index (Phi) is 9.25. The van der Waals surface area contributed by atoms with Crippen molar-refractivity contribution in [2.75, 3.05) is 6.61 Å². The third-order valence-electron chi connectivity index (χ3n) is 4.35. The van der Waals surface area contributed by atoms with Crippen molar-refractivity contribution in [3.8, 4) is 0 Å². The zero-order valence-electron chi connectivity index (χ0n) is 15.2. The molecular weight excluding hydrogens is 296 g/mol. The highest BCUT2D eigenvalue weighted by atomic mass is 16.5. The van der Waals surface area contributed by atoms with Crippen molar-refractivity contribution in [1.82, 2.24) is 4.57 Å². The number of rotatable bonds is 13. The minimum absolute atomic E-state index is 0.651. The van der Waals surface area contributed by atoms with E-state index >= 15 is 0 Å². The van der Waals surface area contributed by atoms with Gasteiger partial charge in [0.15, 0.2) is 6.73 Å². The van der Waals surface area contributed by atoms with E-state index in [1.807, 2.05) is 0 Å². The van der Waals surface area contributed by atoms with Crippen LogP contribution in [0.4, 0.5) is 0 Å². The summed E-state index contributed by atoms with van der Waals surface area (Å²) >= 11 is 0. The van der Waals surface area contributed by atoms with Crippen LogP contribution in [-0.2, 0) is 24.4 Å². The van der Waals surface area contributed by atoms with Gasteiger partial charge in [-0.1, -0.05) is 62.9 Å². The molecule has 0 atom stereocenters.